The summed E-state index contributed by atoms with van der Waals surface area (Å²) >= 11 is 0. The van der Waals surface area contributed by atoms with Crippen LogP contribution >= 0.6 is 0 Å². The zero-order chi connectivity index (χ0) is 14.2. The first kappa shape index (κ1) is 13.7. The second-order valence-electron chi connectivity index (χ2n) is 5.01. The summed E-state index contributed by atoms with van der Waals surface area (Å²) in [5.41, 5.74) is 6.00. The van der Waals surface area contributed by atoms with E-state index in [4.69, 9.17) is 5.73 Å². The molecule has 1 aromatic carbocycles. The highest BCUT2D eigenvalue weighted by molar-refractivity contribution is 5.79. The van der Waals surface area contributed by atoms with Crippen molar-refractivity contribution in [3.63, 3.8) is 0 Å². The minimum absolute atomic E-state index is 0.259. The van der Waals surface area contributed by atoms with Gasteiger partial charge in [0.05, 0.1) is 16.6 Å². The Labute approximate surface area is 109 Å². The molecule has 2 aromatic rings. The van der Waals surface area contributed by atoms with Gasteiger partial charge in [0.15, 0.2) is 0 Å². The van der Waals surface area contributed by atoms with Gasteiger partial charge >= 0.3 is 6.18 Å². The number of benzene rings is 1. The molecule has 3 nitrogen and oxygen atoms in total. The molecule has 0 fully saturated rings. The van der Waals surface area contributed by atoms with E-state index in [1.807, 2.05) is 0 Å². The molecule has 2 N–H and O–H groups in total. The van der Waals surface area contributed by atoms with Gasteiger partial charge in [-0.3, -0.25) is 0 Å². The standard InChI is InChI=1S/C13H16F3N3/c1-8(2)5-6-19-11-4-3-9(13(14,15)16)7-10(11)18-12(19)17/h3-4,7-8H,5-6H2,1-2H3,(H2,17,18). The Morgan fingerprint density at radius 2 is 2.00 bits per heavy atom. The molecule has 0 saturated heterocycles. The van der Waals surface area contributed by atoms with Crippen LogP contribution in [0.4, 0.5) is 19.1 Å². The third kappa shape index (κ3) is 2.83. The minimum atomic E-state index is -4.36. The number of hydrogen-bond donors (Lipinski definition) is 1. The quantitative estimate of drug-likeness (QED) is 0.925. The molecule has 0 amide bonds. The number of alkyl halides is 3. The zero-order valence-corrected chi connectivity index (χ0v) is 10.8. The third-order valence-electron chi connectivity index (χ3n) is 3.04. The van der Waals surface area contributed by atoms with Crippen LogP contribution in [0, 0.1) is 5.92 Å². The molecule has 0 bridgehead atoms. The van der Waals surface area contributed by atoms with E-state index in [0.29, 0.717) is 18.0 Å². The zero-order valence-electron chi connectivity index (χ0n) is 10.8. The Morgan fingerprint density at radius 1 is 1.32 bits per heavy atom. The van der Waals surface area contributed by atoms with Gasteiger partial charge < -0.3 is 10.3 Å². The second kappa shape index (κ2) is 4.75. The van der Waals surface area contributed by atoms with Crippen molar-refractivity contribution in [2.24, 2.45) is 5.92 Å². The first-order chi connectivity index (χ1) is 8.79. The molecule has 0 aliphatic rings. The number of anilines is 1. The number of nitrogens with two attached hydrogens (primary N) is 1. The maximum atomic E-state index is 12.6. The lowest BCUT2D eigenvalue weighted by atomic mass is 10.1. The average Bonchev–Trinajstić information content (AvgIpc) is 2.59. The Balaban J connectivity index is 2.42. The third-order valence-corrected chi connectivity index (χ3v) is 3.04. The fraction of sp³-hybridized carbons (Fsp3) is 0.462. The molecule has 0 aliphatic carbocycles. The van der Waals surface area contributed by atoms with Crippen molar-refractivity contribution < 1.29 is 13.2 Å². The number of aromatic nitrogens is 2. The smallest absolute Gasteiger partial charge is 0.369 e. The molecule has 2 rings (SSSR count). The fourth-order valence-corrected chi connectivity index (χ4v) is 1.95. The van der Waals surface area contributed by atoms with E-state index in [1.165, 1.54) is 6.07 Å². The van der Waals surface area contributed by atoms with Gasteiger partial charge in [0.2, 0.25) is 5.95 Å². The summed E-state index contributed by atoms with van der Waals surface area (Å²) in [6.45, 7) is 4.82. The monoisotopic (exact) mass is 271 g/mol. The van der Waals surface area contributed by atoms with E-state index < -0.39 is 11.7 Å². The Hall–Kier alpha value is -1.72. The molecule has 6 heteroatoms. The predicted molar refractivity (Wildman–Crippen MR) is 68.6 cm³/mol. The van der Waals surface area contributed by atoms with Gasteiger partial charge in [-0.15, -0.1) is 0 Å². The summed E-state index contributed by atoms with van der Waals surface area (Å²) in [4.78, 5) is 4.01. The normalized spacial score (nSPS) is 12.5. The first-order valence-electron chi connectivity index (χ1n) is 6.12. The lowest BCUT2D eigenvalue weighted by molar-refractivity contribution is -0.137. The maximum Gasteiger partial charge on any atom is 0.416 e. The van der Waals surface area contributed by atoms with Gasteiger partial charge in [0.25, 0.3) is 0 Å². The number of fused-ring (bicyclic) bond motifs is 1. The number of rotatable bonds is 3. The first-order valence-corrected chi connectivity index (χ1v) is 6.12. The molecule has 104 valence electrons. The molecule has 1 heterocycles. The van der Waals surface area contributed by atoms with Gasteiger partial charge in [0.1, 0.15) is 0 Å². The van der Waals surface area contributed by atoms with Crippen LogP contribution in [-0.2, 0) is 12.7 Å². The highest BCUT2D eigenvalue weighted by Gasteiger charge is 2.31. The predicted octanol–water partition coefficient (Wildman–Crippen LogP) is 3.68. The second-order valence-corrected chi connectivity index (χ2v) is 5.01. The van der Waals surface area contributed by atoms with Crippen molar-refractivity contribution in [2.75, 3.05) is 5.73 Å². The number of halogens is 3. The SMILES string of the molecule is CC(C)CCn1c(N)nc2cc(C(F)(F)F)ccc21. The lowest BCUT2D eigenvalue weighted by Crippen LogP contribution is -2.06. The van der Waals surface area contributed by atoms with Crippen LogP contribution in [0.2, 0.25) is 0 Å². The number of hydrogen-bond acceptors (Lipinski definition) is 2. The van der Waals surface area contributed by atoms with E-state index >= 15 is 0 Å². The van der Waals surface area contributed by atoms with Crippen LogP contribution in [0.25, 0.3) is 11.0 Å². The average molecular weight is 271 g/mol. The van der Waals surface area contributed by atoms with Crippen molar-refractivity contribution in [1.82, 2.24) is 9.55 Å². The molecule has 1 aromatic heterocycles. The van der Waals surface area contributed by atoms with Gasteiger partial charge in [-0.05, 0) is 30.5 Å². The molecule has 19 heavy (non-hydrogen) atoms. The molecule has 0 aliphatic heterocycles. The van der Waals surface area contributed by atoms with E-state index in [0.717, 1.165) is 18.6 Å². The molecule has 0 atom stereocenters. The van der Waals surface area contributed by atoms with Crippen LogP contribution in [0.1, 0.15) is 25.8 Å². The number of nitrogens with zero attached hydrogens (tertiary/aromatic N) is 2. The molecule has 0 unspecified atom stereocenters. The van der Waals surface area contributed by atoms with Gasteiger partial charge in [-0.25, -0.2) is 4.98 Å². The Kier molecular flexibility index (Phi) is 3.43. The molecule has 0 spiro atoms. The summed E-state index contributed by atoms with van der Waals surface area (Å²) in [5.74, 6) is 0.751. The summed E-state index contributed by atoms with van der Waals surface area (Å²) in [5, 5.41) is 0. The van der Waals surface area contributed by atoms with Crippen LogP contribution in [0.3, 0.4) is 0 Å². The summed E-state index contributed by atoms with van der Waals surface area (Å²) in [7, 11) is 0. The van der Waals surface area contributed by atoms with Crippen molar-refractivity contribution in [3.05, 3.63) is 23.8 Å². The fourth-order valence-electron chi connectivity index (χ4n) is 1.95. The Morgan fingerprint density at radius 3 is 2.58 bits per heavy atom. The maximum absolute atomic E-state index is 12.6. The van der Waals surface area contributed by atoms with Crippen LogP contribution in [-0.4, -0.2) is 9.55 Å². The van der Waals surface area contributed by atoms with Gasteiger partial charge in [0, 0.05) is 6.54 Å². The Bertz CT molecular complexity index is 585. The highest BCUT2D eigenvalue weighted by Crippen LogP contribution is 2.31. The van der Waals surface area contributed by atoms with Gasteiger partial charge in [-0.1, -0.05) is 13.8 Å². The van der Waals surface area contributed by atoms with E-state index in [-0.39, 0.29) is 11.5 Å². The van der Waals surface area contributed by atoms with E-state index in [1.54, 1.807) is 4.57 Å². The summed E-state index contributed by atoms with van der Waals surface area (Å²) in [6, 6.07) is 3.54. The van der Waals surface area contributed by atoms with Crippen molar-refractivity contribution in [3.8, 4) is 0 Å². The molecule has 0 radical (unpaired) electrons. The molecular formula is C13H16F3N3. The van der Waals surface area contributed by atoms with Crippen molar-refractivity contribution >= 4 is 17.0 Å². The minimum Gasteiger partial charge on any atom is -0.369 e. The van der Waals surface area contributed by atoms with Crippen LogP contribution in [0.15, 0.2) is 18.2 Å². The number of imidazole rings is 1. The number of aryl methyl sites for hydroxylation is 1. The lowest BCUT2D eigenvalue weighted by Gasteiger charge is -2.09. The van der Waals surface area contributed by atoms with E-state index in [9.17, 15) is 13.2 Å². The number of nitrogen functional groups attached to an aromatic ring is 1. The molecular weight excluding hydrogens is 255 g/mol. The van der Waals surface area contributed by atoms with Crippen LogP contribution < -0.4 is 5.73 Å². The topological polar surface area (TPSA) is 43.8 Å². The summed E-state index contributed by atoms with van der Waals surface area (Å²) in [6.07, 6.45) is -3.46. The highest BCUT2D eigenvalue weighted by atomic mass is 19.4. The summed E-state index contributed by atoms with van der Waals surface area (Å²) < 4.78 is 39.6. The molecule has 0 saturated carbocycles. The van der Waals surface area contributed by atoms with Crippen molar-refractivity contribution in [2.45, 2.75) is 33.0 Å². The van der Waals surface area contributed by atoms with Crippen LogP contribution in [0.5, 0.6) is 0 Å². The van der Waals surface area contributed by atoms with Gasteiger partial charge in [-0.2, -0.15) is 13.2 Å². The van der Waals surface area contributed by atoms with E-state index in [2.05, 4.69) is 18.8 Å². The van der Waals surface area contributed by atoms with Crippen molar-refractivity contribution in [1.29, 1.82) is 0 Å². The largest absolute Gasteiger partial charge is 0.416 e.